The van der Waals surface area contributed by atoms with Crippen LogP contribution in [0.5, 0.6) is 0 Å². The number of hydrogen-bond donors (Lipinski definition) is 0. The van der Waals surface area contributed by atoms with Gasteiger partial charge in [0.1, 0.15) is 11.6 Å². The summed E-state index contributed by atoms with van der Waals surface area (Å²) < 4.78 is 0. The van der Waals surface area contributed by atoms with Gasteiger partial charge >= 0.3 is 0 Å². The van der Waals surface area contributed by atoms with Gasteiger partial charge in [0, 0.05) is 61.5 Å². The molecule has 1 saturated heterocycles. The van der Waals surface area contributed by atoms with E-state index in [-0.39, 0.29) is 0 Å². The third-order valence-corrected chi connectivity index (χ3v) is 5.02. The van der Waals surface area contributed by atoms with E-state index in [9.17, 15) is 0 Å². The first-order valence-electron chi connectivity index (χ1n) is 8.25. The zero-order chi connectivity index (χ0) is 16.4. The number of aromatic nitrogens is 3. The summed E-state index contributed by atoms with van der Waals surface area (Å²) in [7, 11) is 0. The Bertz CT molecular complexity index is 659. The predicted octanol–water partition coefficient (Wildman–Crippen LogP) is 3.00. The molecule has 6 heteroatoms. The second-order valence-corrected chi connectivity index (χ2v) is 7.81. The molecule has 2 aromatic heterocycles. The van der Waals surface area contributed by atoms with Gasteiger partial charge in [-0.2, -0.15) is 0 Å². The minimum atomic E-state index is 0.365. The molecule has 3 rings (SSSR count). The van der Waals surface area contributed by atoms with Gasteiger partial charge in [-0.1, -0.05) is 13.8 Å². The molecule has 23 heavy (non-hydrogen) atoms. The van der Waals surface area contributed by atoms with Crippen molar-refractivity contribution < 1.29 is 0 Å². The summed E-state index contributed by atoms with van der Waals surface area (Å²) in [5.41, 5.74) is 1.06. The molecule has 0 atom stereocenters. The van der Waals surface area contributed by atoms with Gasteiger partial charge < -0.3 is 4.90 Å². The van der Waals surface area contributed by atoms with Crippen LogP contribution in [0.4, 0.5) is 5.82 Å². The van der Waals surface area contributed by atoms with Crippen molar-refractivity contribution >= 4 is 17.2 Å². The lowest BCUT2D eigenvalue weighted by Crippen LogP contribution is -2.46. The third kappa shape index (κ3) is 4.06. The minimum absolute atomic E-state index is 0.365. The summed E-state index contributed by atoms with van der Waals surface area (Å²) in [5.74, 6) is 2.39. The summed E-state index contributed by atoms with van der Waals surface area (Å²) in [6.07, 6.45) is 2.01. The number of rotatable bonds is 4. The van der Waals surface area contributed by atoms with Crippen molar-refractivity contribution in [2.75, 3.05) is 31.1 Å². The number of nitrogens with zero attached hydrogens (tertiary/aromatic N) is 5. The number of anilines is 1. The molecule has 0 aliphatic carbocycles. The van der Waals surface area contributed by atoms with Crippen LogP contribution in [0.1, 0.15) is 41.2 Å². The number of piperazine rings is 1. The SMILES string of the molecule is Cc1cc(N2CCN(Cc3cnc(C)s3)CC2)nc(C(C)C)n1. The van der Waals surface area contributed by atoms with E-state index in [1.807, 2.05) is 6.20 Å². The molecule has 0 N–H and O–H groups in total. The molecule has 0 amide bonds. The normalized spacial score (nSPS) is 16.3. The van der Waals surface area contributed by atoms with Gasteiger partial charge in [0.25, 0.3) is 0 Å². The zero-order valence-corrected chi connectivity index (χ0v) is 15.2. The van der Waals surface area contributed by atoms with Crippen LogP contribution in [0.2, 0.25) is 0 Å². The molecule has 124 valence electrons. The van der Waals surface area contributed by atoms with E-state index in [4.69, 9.17) is 4.98 Å². The Balaban J connectivity index is 1.62. The first-order valence-corrected chi connectivity index (χ1v) is 9.07. The number of thiazole rings is 1. The molecule has 0 unspecified atom stereocenters. The quantitative estimate of drug-likeness (QED) is 0.862. The smallest absolute Gasteiger partial charge is 0.133 e. The summed E-state index contributed by atoms with van der Waals surface area (Å²) >= 11 is 1.80. The molecule has 1 aliphatic rings. The maximum absolute atomic E-state index is 4.76. The van der Waals surface area contributed by atoms with Gasteiger partial charge in [0.05, 0.1) is 5.01 Å². The number of hydrogen-bond acceptors (Lipinski definition) is 6. The first kappa shape index (κ1) is 16.3. The largest absolute Gasteiger partial charge is 0.354 e. The molecule has 0 radical (unpaired) electrons. The van der Waals surface area contributed by atoms with Crippen molar-refractivity contribution in [3.8, 4) is 0 Å². The molecule has 0 saturated carbocycles. The van der Waals surface area contributed by atoms with Crippen LogP contribution in [0.15, 0.2) is 12.3 Å². The molecular formula is C17H25N5S. The molecule has 5 nitrogen and oxygen atoms in total. The van der Waals surface area contributed by atoms with Crippen molar-refractivity contribution in [2.45, 2.75) is 40.2 Å². The van der Waals surface area contributed by atoms with Gasteiger partial charge in [-0.25, -0.2) is 15.0 Å². The minimum Gasteiger partial charge on any atom is -0.354 e. The maximum atomic E-state index is 4.76. The summed E-state index contributed by atoms with van der Waals surface area (Å²) in [6.45, 7) is 13.6. The monoisotopic (exact) mass is 331 g/mol. The first-order chi connectivity index (χ1) is 11.0. The average Bonchev–Trinajstić information content (AvgIpc) is 2.92. The average molecular weight is 331 g/mol. The number of aryl methyl sites for hydroxylation is 2. The lowest BCUT2D eigenvalue weighted by molar-refractivity contribution is 0.251. The molecule has 0 spiro atoms. The second-order valence-electron chi connectivity index (χ2n) is 6.49. The Morgan fingerprint density at radius 3 is 2.48 bits per heavy atom. The standard InChI is InChI=1S/C17H25N5S/c1-12(2)17-19-13(3)9-16(20-17)22-7-5-21(6-8-22)11-15-10-18-14(4)23-15/h9-10,12H,5-8,11H2,1-4H3. The van der Waals surface area contributed by atoms with Gasteiger partial charge in [-0.15, -0.1) is 11.3 Å². The zero-order valence-electron chi connectivity index (χ0n) is 14.4. The van der Waals surface area contributed by atoms with Crippen molar-refractivity contribution in [3.63, 3.8) is 0 Å². The van der Waals surface area contributed by atoms with Crippen LogP contribution < -0.4 is 4.90 Å². The van der Waals surface area contributed by atoms with Crippen LogP contribution in [0.25, 0.3) is 0 Å². The van der Waals surface area contributed by atoms with Crippen molar-refractivity contribution in [1.29, 1.82) is 0 Å². The molecule has 2 aromatic rings. The van der Waals surface area contributed by atoms with Gasteiger partial charge in [-0.05, 0) is 13.8 Å². The highest BCUT2D eigenvalue weighted by Gasteiger charge is 2.20. The van der Waals surface area contributed by atoms with Crippen molar-refractivity contribution in [3.05, 3.63) is 33.7 Å². The maximum Gasteiger partial charge on any atom is 0.133 e. The summed E-state index contributed by atoms with van der Waals surface area (Å²) in [6, 6.07) is 2.11. The third-order valence-electron chi connectivity index (χ3n) is 4.12. The summed E-state index contributed by atoms with van der Waals surface area (Å²) in [5, 5.41) is 1.15. The molecule has 0 bridgehead atoms. The topological polar surface area (TPSA) is 45.2 Å². The van der Waals surface area contributed by atoms with Crippen molar-refractivity contribution in [2.24, 2.45) is 0 Å². The van der Waals surface area contributed by atoms with E-state index in [0.29, 0.717) is 5.92 Å². The van der Waals surface area contributed by atoms with Crippen LogP contribution in [0.3, 0.4) is 0 Å². The van der Waals surface area contributed by atoms with Crippen molar-refractivity contribution in [1.82, 2.24) is 19.9 Å². The van der Waals surface area contributed by atoms with Crippen LogP contribution in [0, 0.1) is 13.8 Å². The highest BCUT2D eigenvalue weighted by molar-refractivity contribution is 7.11. The fourth-order valence-corrected chi connectivity index (χ4v) is 3.67. The molecule has 3 heterocycles. The molecule has 1 fully saturated rings. The van der Waals surface area contributed by atoms with Crippen LogP contribution in [-0.2, 0) is 6.54 Å². The highest BCUT2D eigenvalue weighted by atomic mass is 32.1. The Morgan fingerprint density at radius 2 is 1.87 bits per heavy atom. The van der Waals surface area contributed by atoms with E-state index in [2.05, 4.69) is 53.5 Å². The fraction of sp³-hybridized carbons (Fsp3) is 0.588. The van der Waals surface area contributed by atoms with E-state index in [1.165, 1.54) is 4.88 Å². The fourth-order valence-electron chi connectivity index (χ4n) is 2.83. The molecule has 1 aliphatic heterocycles. The van der Waals surface area contributed by atoms with E-state index in [1.54, 1.807) is 11.3 Å². The van der Waals surface area contributed by atoms with Crippen LogP contribution in [-0.4, -0.2) is 46.0 Å². The van der Waals surface area contributed by atoms with Gasteiger partial charge in [0.15, 0.2) is 0 Å². The van der Waals surface area contributed by atoms with E-state index < -0.39 is 0 Å². The van der Waals surface area contributed by atoms with E-state index in [0.717, 1.165) is 55.1 Å². The Kier molecular flexibility index (Phi) is 4.92. The van der Waals surface area contributed by atoms with Gasteiger partial charge in [-0.3, -0.25) is 4.90 Å². The summed E-state index contributed by atoms with van der Waals surface area (Å²) in [4.78, 5) is 19.9. The predicted molar refractivity (Wildman–Crippen MR) is 95.2 cm³/mol. The van der Waals surface area contributed by atoms with Gasteiger partial charge in [0.2, 0.25) is 0 Å². The second kappa shape index (κ2) is 6.93. The Hall–Kier alpha value is -1.53. The molecule has 0 aromatic carbocycles. The van der Waals surface area contributed by atoms with Crippen LogP contribution >= 0.6 is 11.3 Å². The lowest BCUT2D eigenvalue weighted by atomic mass is 10.2. The highest BCUT2D eigenvalue weighted by Crippen LogP contribution is 2.20. The lowest BCUT2D eigenvalue weighted by Gasteiger charge is -2.35. The Morgan fingerprint density at radius 1 is 1.13 bits per heavy atom. The Labute approximate surface area is 142 Å². The molecular weight excluding hydrogens is 306 g/mol. The van der Waals surface area contributed by atoms with E-state index >= 15 is 0 Å².